The molecule has 0 spiro atoms. The standard InChI is InChI=1S/C16H22Cl2N2O/c17-14-8-5-12(10-15(14)18)11-20(13-6-7-13)16(21)4-2-1-3-9-19/h5,8,10,13H,1-4,6-7,9,11,19H2. The van der Waals surface area contributed by atoms with E-state index in [1.807, 2.05) is 17.0 Å². The van der Waals surface area contributed by atoms with Crippen molar-refractivity contribution in [1.29, 1.82) is 0 Å². The van der Waals surface area contributed by atoms with Crippen molar-refractivity contribution in [2.75, 3.05) is 6.54 Å². The molecule has 0 unspecified atom stereocenters. The average Bonchev–Trinajstić information content (AvgIpc) is 3.29. The summed E-state index contributed by atoms with van der Waals surface area (Å²) in [5.74, 6) is 0.237. The van der Waals surface area contributed by atoms with Gasteiger partial charge in [-0.05, 0) is 49.9 Å². The molecule has 0 heterocycles. The van der Waals surface area contributed by atoms with Crippen LogP contribution in [0.3, 0.4) is 0 Å². The zero-order valence-corrected chi connectivity index (χ0v) is 13.7. The van der Waals surface area contributed by atoms with E-state index in [4.69, 9.17) is 28.9 Å². The van der Waals surface area contributed by atoms with Gasteiger partial charge in [-0.25, -0.2) is 0 Å². The van der Waals surface area contributed by atoms with E-state index in [1.165, 1.54) is 0 Å². The van der Waals surface area contributed by atoms with Gasteiger partial charge in [0, 0.05) is 19.0 Å². The Balaban J connectivity index is 1.92. The lowest BCUT2D eigenvalue weighted by molar-refractivity contribution is -0.132. The number of nitrogens with zero attached hydrogens (tertiary/aromatic N) is 1. The van der Waals surface area contributed by atoms with Crippen molar-refractivity contribution in [2.45, 2.75) is 51.1 Å². The SMILES string of the molecule is NCCCCCC(=O)N(Cc1ccc(Cl)c(Cl)c1)C1CC1. The molecular formula is C16H22Cl2N2O. The van der Waals surface area contributed by atoms with Crippen LogP contribution >= 0.6 is 23.2 Å². The molecule has 2 rings (SSSR count). The van der Waals surface area contributed by atoms with Gasteiger partial charge in [-0.2, -0.15) is 0 Å². The lowest BCUT2D eigenvalue weighted by Gasteiger charge is -2.23. The maximum atomic E-state index is 12.4. The number of carbonyl (C=O) groups excluding carboxylic acids is 1. The monoisotopic (exact) mass is 328 g/mol. The van der Waals surface area contributed by atoms with Crippen molar-refractivity contribution < 1.29 is 4.79 Å². The third-order valence-electron chi connectivity index (χ3n) is 3.74. The van der Waals surface area contributed by atoms with Crippen LogP contribution in [0.25, 0.3) is 0 Å². The van der Waals surface area contributed by atoms with Gasteiger partial charge in [0.05, 0.1) is 10.0 Å². The molecule has 1 aliphatic rings. The number of carbonyl (C=O) groups is 1. The second-order valence-corrected chi connectivity index (χ2v) is 6.42. The van der Waals surface area contributed by atoms with Gasteiger partial charge >= 0.3 is 0 Å². The molecule has 0 aromatic heterocycles. The first-order valence-corrected chi connectivity index (χ1v) is 8.31. The van der Waals surface area contributed by atoms with E-state index >= 15 is 0 Å². The maximum Gasteiger partial charge on any atom is 0.223 e. The third-order valence-corrected chi connectivity index (χ3v) is 4.48. The molecule has 1 aromatic rings. The molecule has 1 aromatic carbocycles. The molecule has 3 nitrogen and oxygen atoms in total. The predicted molar refractivity (Wildman–Crippen MR) is 87.6 cm³/mol. The van der Waals surface area contributed by atoms with Crippen LogP contribution in [0.2, 0.25) is 10.0 Å². The zero-order chi connectivity index (χ0) is 15.2. The van der Waals surface area contributed by atoms with Crippen LogP contribution in [0.1, 0.15) is 44.1 Å². The first-order chi connectivity index (χ1) is 10.1. The summed E-state index contributed by atoms with van der Waals surface area (Å²) in [6.45, 7) is 1.32. The highest BCUT2D eigenvalue weighted by molar-refractivity contribution is 6.42. The fourth-order valence-corrected chi connectivity index (χ4v) is 2.70. The maximum absolute atomic E-state index is 12.4. The summed E-state index contributed by atoms with van der Waals surface area (Å²) in [6.07, 6.45) is 5.75. The summed E-state index contributed by atoms with van der Waals surface area (Å²) in [7, 11) is 0. The molecule has 1 amide bonds. The molecule has 0 atom stereocenters. The molecule has 1 fully saturated rings. The minimum absolute atomic E-state index is 0.237. The van der Waals surface area contributed by atoms with Gasteiger partial charge in [0.2, 0.25) is 5.91 Å². The van der Waals surface area contributed by atoms with Gasteiger partial charge in [-0.15, -0.1) is 0 Å². The third kappa shape index (κ3) is 5.17. The van der Waals surface area contributed by atoms with Gasteiger partial charge < -0.3 is 10.6 Å². The molecular weight excluding hydrogens is 307 g/mol. The number of unbranched alkanes of at least 4 members (excludes halogenated alkanes) is 2. The van der Waals surface area contributed by atoms with Crippen LogP contribution in [-0.4, -0.2) is 23.4 Å². The molecule has 5 heteroatoms. The Morgan fingerprint density at radius 3 is 2.57 bits per heavy atom. The number of rotatable bonds is 8. The van der Waals surface area contributed by atoms with Gasteiger partial charge in [-0.1, -0.05) is 35.7 Å². The average molecular weight is 329 g/mol. The smallest absolute Gasteiger partial charge is 0.223 e. The van der Waals surface area contributed by atoms with Crippen molar-refractivity contribution in [3.05, 3.63) is 33.8 Å². The van der Waals surface area contributed by atoms with Crippen molar-refractivity contribution in [1.82, 2.24) is 4.90 Å². The second-order valence-electron chi connectivity index (χ2n) is 5.60. The topological polar surface area (TPSA) is 46.3 Å². The van der Waals surface area contributed by atoms with Crippen LogP contribution in [-0.2, 0) is 11.3 Å². The number of hydrogen-bond donors (Lipinski definition) is 1. The first-order valence-electron chi connectivity index (χ1n) is 7.55. The van der Waals surface area contributed by atoms with Gasteiger partial charge in [0.25, 0.3) is 0 Å². The molecule has 0 radical (unpaired) electrons. The Labute approximate surface area is 136 Å². The molecule has 0 aliphatic heterocycles. The van der Waals surface area contributed by atoms with E-state index in [0.29, 0.717) is 35.6 Å². The highest BCUT2D eigenvalue weighted by Crippen LogP contribution is 2.30. The molecule has 2 N–H and O–H groups in total. The van der Waals surface area contributed by atoms with E-state index in [-0.39, 0.29) is 5.91 Å². The van der Waals surface area contributed by atoms with Gasteiger partial charge in [0.15, 0.2) is 0 Å². The molecule has 0 bridgehead atoms. The summed E-state index contributed by atoms with van der Waals surface area (Å²) >= 11 is 12.0. The van der Waals surface area contributed by atoms with Gasteiger partial charge in [-0.3, -0.25) is 4.79 Å². The first kappa shape index (κ1) is 16.6. The Bertz CT molecular complexity index is 489. The van der Waals surface area contributed by atoms with E-state index in [9.17, 15) is 4.79 Å². The highest BCUT2D eigenvalue weighted by atomic mass is 35.5. The highest BCUT2D eigenvalue weighted by Gasteiger charge is 2.32. The summed E-state index contributed by atoms with van der Waals surface area (Å²) in [6, 6.07) is 5.98. The number of nitrogens with two attached hydrogens (primary N) is 1. The Morgan fingerprint density at radius 1 is 1.19 bits per heavy atom. The summed E-state index contributed by atoms with van der Waals surface area (Å²) in [4.78, 5) is 14.4. The molecule has 116 valence electrons. The van der Waals surface area contributed by atoms with Crippen LogP contribution in [0.4, 0.5) is 0 Å². The zero-order valence-electron chi connectivity index (χ0n) is 12.2. The quantitative estimate of drug-likeness (QED) is 0.733. The van der Waals surface area contributed by atoms with E-state index in [0.717, 1.165) is 37.7 Å². The number of hydrogen-bond acceptors (Lipinski definition) is 2. The molecule has 21 heavy (non-hydrogen) atoms. The van der Waals surface area contributed by atoms with Crippen molar-refractivity contribution >= 4 is 29.1 Å². The number of amides is 1. The molecule has 1 saturated carbocycles. The number of benzene rings is 1. The van der Waals surface area contributed by atoms with Crippen molar-refractivity contribution in [3.8, 4) is 0 Å². The fourth-order valence-electron chi connectivity index (χ4n) is 2.38. The second kappa shape index (κ2) is 8.02. The lowest BCUT2D eigenvalue weighted by Crippen LogP contribution is -2.32. The van der Waals surface area contributed by atoms with Crippen LogP contribution < -0.4 is 5.73 Å². The number of halogens is 2. The van der Waals surface area contributed by atoms with Crippen LogP contribution in [0.15, 0.2) is 18.2 Å². The van der Waals surface area contributed by atoms with Crippen molar-refractivity contribution in [2.24, 2.45) is 5.73 Å². The van der Waals surface area contributed by atoms with E-state index in [1.54, 1.807) is 6.07 Å². The summed E-state index contributed by atoms with van der Waals surface area (Å²) in [5, 5.41) is 1.09. The minimum Gasteiger partial charge on any atom is -0.335 e. The Kier molecular flexibility index (Phi) is 6.34. The normalized spacial score (nSPS) is 14.2. The minimum atomic E-state index is 0.237. The largest absolute Gasteiger partial charge is 0.335 e. The Morgan fingerprint density at radius 2 is 1.95 bits per heavy atom. The lowest BCUT2D eigenvalue weighted by atomic mass is 10.1. The van der Waals surface area contributed by atoms with Crippen LogP contribution in [0.5, 0.6) is 0 Å². The predicted octanol–water partition coefficient (Wildman–Crippen LogP) is 4.00. The molecule has 1 aliphatic carbocycles. The summed E-state index contributed by atoms with van der Waals surface area (Å²) < 4.78 is 0. The van der Waals surface area contributed by atoms with E-state index < -0.39 is 0 Å². The Hall–Kier alpha value is -0.770. The van der Waals surface area contributed by atoms with E-state index in [2.05, 4.69) is 0 Å². The van der Waals surface area contributed by atoms with Crippen LogP contribution in [0, 0.1) is 0 Å². The van der Waals surface area contributed by atoms with Gasteiger partial charge in [0.1, 0.15) is 0 Å². The molecule has 0 saturated heterocycles. The summed E-state index contributed by atoms with van der Waals surface area (Å²) in [5.41, 5.74) is 6.51. The van der Waals surface area contributed by atoms with Crippen molar-refractivity contribution in [3.63, 3.8) is 0 Å². The fraction of sp³-hybridized carbons (Fsp3) is 0.562.